The molecular formula is C16H12Cl2N4O2. The van der Waals surface area contributed by atoms with Crippen molar-refractivity contribution in [1.29, 1.82) is 0 Å². The lowest BCUT2D eigenvalue weighted by atomic mass is 10.2. The third-order valence-electron chi connectivity index (χ3n) is 3.09. The molecule has 1 amide bonds. The van der Waals surface area contributed by atoms with Gasteiger partial charge in [-0.1, -0.05) is 34.4 Å². The molecule has 3 aromatic rings. The third-order valence-corrected chi connectivity index (χ3v) is 3.91. The molecule has 8 heteroatoms. The normalized spacial score (nSPS) is 10.5. The van der Waals surface area contributed by atoms with Crippen LogP contribution in [0.5, 0.6) is 0 Å². The summed E-state index contributed by atoms with van der Waals surface area (Å²) in [6.07, 6.45) is 1.52. The van der Waals surface area contributed by atoms with Gasteiger partial charge in [0.25, 0.3) is 5.91 Å². The van der Waals surface area contributed by atoms with E-state index in [9.17, 15) is 4.79 Å². The monoisotopic (exact) mass is 362 g/mol. The first kappa shape index (κ1) is 16.3. The number of aryl methyl sites for hydroxylation is 1. The van der Waals surface area contributed by atoms with Gasteiger partial charge in [0, 0.05) is 18.0 Å². The summed E-state index contributed by atoms with van der Waals surface area (Å²) >= 11 is 12.0. The highest BCUT2D eigenvalue weighted by atomic mass is 35.5. The highest BCUT2D eigenvalue weighted by Crippen LogP contribution is 2.29. The minimum Gasteiger partial charge on any atom is -0.360 e. The lowest BCUT2D eigenvalue weighted by Crippen LogP contribution is -2.14. The molecular weight excluding hydrogens is 351 g/mol. The largest absolute Gasteiger partial charge is 0.360 e. The van der Waals surface area contributed by atoms with Crippen LogP contribution in [0, 0.1) is 6.92 Å². The summed E-state index contributed by atoms with van der Waals surface area (Å²) in [5, 5.41) is 10.2. The van der Waals surface area contributed by atoms with Crippen molar-refractivity contribution in [2.45, 2.75) is 6.92 Å². The van der Waals surface area contributed by atoms with Crippen LogP contribution in [0.25, 0.3) is 0 Å². The quantitative estimate of drug-likeness (QED) is 0.704. The SMILES string of the molecule is Cc1cc(Nc2ccnc(C(=O)Nc3cccc(Cl)c3Cl)c2)no1. The summed E-state index contributed by atoms with van der Waals surface area (Å²) in [6, 6.07) is 10.0. The first-order valence-electron chi connectivity index (χ1n) is 6.94. The molecule has 2 heterocycles. The number of nitrogens with one attached hydrogen (secondary N) is 2. The standard InChI is InChI=1S/C16H12Cl2N4O2/c1-9-7-14(22-24-9)20-10-5-6-19-13(8-10)16(23)21-12-4-2-3-11(17)15(12)18/h2-8H,1H3,(H,21,23)(H,19,20,22). The molecule has 0 bridgehead atoms. The number of carbonyl (C=O) groups excluding carboxylic acids is 1. The van der Waals surface area contributed by atoms with E-state index in [-0.39, 0.29) is 10.7 Å². The van der Waals surface area contributed by atoms with E-state index in [1.807, 2.05) is 0 Å². The van der Waals surface area contributed by atoms with E-state index in [0.29, 0.717) is 28.0 Å². The topological polar surface area (TPSA) is 80.0 Å². The smallest absolute Gasteiger partial charge is 0.274 e. The van der Waals surface area contributed by atoms with Crippen molar-refractivity contribution in [2.24, 2.45) is 0 Å². The van der Waals surface area contributed by atoms with Crippen LogP contribution < -0.4 is 10.6 Å². The van der Waals surface area contributed by atoms with Crippen molar-refractivity contribution < 1.29 is 9.32 Å². The minimum absolute atomic E-state index is 0.219. The second-order valence-electron chi connectivity index (χ2n) is 4.93. The number of pyridine rings is 1. The zero-order valence-electron chi connectivity index (χ0n) is 12.5. The van der Waals surface area contributed by atoms with Gasteiger partial charge in [-0.3, -0.25) is 9.78 Å². The highest BCUT2D eigenvalue weighted by Gasteiger charge is 2.12. The molecule has 0 fully saturated rings. The van der Waals surface area contributed by atoms with E-state index in [0.717, 1.165) is 0 Å². The number of hydrogen-bond acceptors (Lipinski definition) is 5. The Morgan fingerprint density at radius 1 is 1.21 bits per heavy atom. The number of nitrogens with zero attached hydrogens (tertiary/aromatic N) is 2. The molecule has 0 radical (unpaired) electrons. The Kier molecular flexibility index (Phi) is 4.69. The number of amides is 1. The van der Waals surface area contributed by atoms with Gasteiger partial charge in [0.15, 0.2) is 5.82 Å². The molecule has 0 aliphatic carbocycles. The first-order valence-corrected chi connectivity index (χ1v) is 7.70. The molecule has 1 aromatic carbocycles. The van der Waals surface area contributed by atoms with Gasteiger partial charge in [-0.15, -0.1) is 0 Å². The predicted octanol–water partition coefficient (Wildman–Crippen LogP) is 4.68. The number of benzene rings is 1. The Hall–Kier alpha value is -2.57. The van der Waals surface area contributed by atoms with Crippen molar-refractivity contribution in [3.8, 4) is 0 Å². The van der Waals surface area contributed by atoms with Crippen LogP contribution in [0.2, 0.25) is 10.0 Å². The molecule has 2 aromatic heterocycles. The maximum absolute atomic E-state index is 12.3. The van der Waals surface area contributed by atoms with E-state index in [4.69, 9.17) is 27.7 Å². The van der Waals surface area contributed by atoms with Crippen LogP contribution in [0.4, 0.5) is 17.2 Å². The van der Waals surface area contributed by atoms with Crippen molar-refractivity contribution in [1.82, 2.24) is 10.1 Å². The molecule has 122 valence electrons. The van der Waals surface area contributed by atoms with Gasteiger partial charge in [-0.05, 0) is 31.2 Å². The van der Waals surface area contributed by atoms with Gasteiger partial charge in [-0.25, -0.2) is 0 Å². The summed E-state index contributed by atoms with van der Waals surface area (Å²) < 4.78 is 4.98. The molecule has 0 atom stereocenters. The predicted molar refractivity (Wildman–Crippen MR) is 93.2 cm³/mol. The second-order valence-corrected chi connectivity index (χ2v) is 5.72. The summed E-state index contributed by atoms with van der Waals surface area (Å²) in [6.45, 7) is 1.79. The van der Waals surface area contributed by atoms with E-state index >= 15 is 0 Å². The lowest BCUT2D eigenvalue weighted by Gasteiger charge is -2.09. The highest BCUT2D eigenvalue weighted by molar-refractivity contribution is 6.44. The summed E-state index contributed by atoms with van der Waals surface area (Å²) in [4.78, 5) is 16.4. The number of aromatic nitrogens is 2. The Bertz CT molecular complexity index is 895. The van der Waals surface area contributed by atoms with E-state index in [1.165, 1.54) is 6.20 Å². The molecule has 6 nitrogen and oxygen atoms in total. The van der Waals surface area contributed by atoms with Crippen molar-refractivity contribution in [2.75, 3.05) is 10.6 Å². The average molecular weight is 363 g/mol. The minimum atomic E-state index is -0.404. The maximum Gasteiger partial charge on any atom is 0.274 e. The summed E-state index contributed by atoms with van der Waals surface area (Å²) in [7, 11) is 0. The molecule has 0 saturated carbocycles. The Morgan fingerprint density at radius 2 is 2.04 bits per heavy atom. The molecule has 3 rings (SSSR count). The molecule has 0 saturated heterocycles. The van der Waals surface area contributed by atoms with Crippen LogP contribution in [0.15, 0.2) is 47.1 Å². The molecule has 2 N–H and O–H groups in total. The molecule has 24 heavy (non-hydrogen) atoms. The fourth-order valence-electron chi connectivity index (χ4n) is 1.99. The van der Waals surface area contributed by atoms with Crippen LogP contribution in [0.1, 0.15) is 16.2 Å². The zero-order chi connectivity index (χ0) is 17.1. The number of anilines is 3. The van der Waals surface area contributed by atoms with Crippen LogP contribution in [-0.4, -0.2) is 16.0 Å². The number of rotatable bonds is 4. The molecule has 0 aliphatic heterocycles. The Morgan fingerprint density at radius 3 is 2.79 bits per heavy atom. The van der Waals surface area contributed by atoms with Gasteiger partial charge in [0.1, 0.15) is 11.5 Å². The number of carbonyl (C=O) groups is 1. The van der Waals surface area contributed by atoms with Crippen molar-refractivity contribution in [3.05, 3.63) is 64.1 Å². The van der Waals surface area contributed by atoms with Crippen LogP contribution >= 0.6 is 23.2 Å². The third kappa shape index (κ3) is 3.67. The van der Waals surface area contributed by atoms with E-state index in [1.54, 1.807) is 43.3 Å². The molecule has 0 aliphatic rings. The maximum atomic E-state index is 12.3. The van der Waals surface area contributed by atoms with Gasteiger partial charge >= 0.3 is 0 Å². The van der Waals surface area contributed by atoms with Gasteiger partial charge in [-0.2, -0.15) is 0 Å². The Labute approximate surface area is 147 Å². The lowest BCUT2D eigenvalue weighted by molar-refractivity contribution is 0.102. The summed E-state index contributed by atoms with van der Waals surface area (Å²) in [5.41, 5.74) is 1.29. The fourth-order valence-corrected chi connectivity index (χ4v) is 2.34. The van der Waals surface area contributed by atoms with Gasteiger partial charge in [0.2, 0.25) is 0 Å². The van der Waals surface area contributed by atoms with Crippen molar-refractivity contribution >= 4 is 46.3 Å². The first-order chi connectivity index (χ1) is 11.5. The van der Waals surface area contributed by atoms with Gasteiger partial charge < -0.3 is 15.2 Å². The van der Waals surface area contributed by atoms with E-state index < -0.39 is 5.91 Å². The van der Waals surface area contributed by atoms with E-state index in [2.05, 4.69) is 20.8 Å². The van der Waals surface area contributed by atoms with Crippen molar-refractivity contribution in [3.63, 3.8) is 0 Å². The average Bonchev–Trinajstić information content (AvgIpc) is 2.97. The molecule has 0 unspecified atom stereocenters. The summed E-state index contributed by atoms with van der Waals surface area (Å²) in [5.74, 6) is 0.821. The molecule has 0 spiro atoms. The second kappa shape index (κ2) is 6.90. The Balaban J connectivity index is 1.78. The zero-order valence-corrected chi connectivity index (χ0v) is 14.0. The van der Waals surface area contributed by atoms with Crippen LogP contribution in [0.3, 0.4) is 0 Å². The van der Waals surface area contributed by atoms with Crippen LogP contribution in [-0.2, 0) is 0 Å². The number of halogens is 2. The van der Waals surface area contributed by atoms with Gasteiger partial charge in [0.05, 0.1) is 15.7 Å². The fraction of sp³-hybridized carbons (Fsp3) is 0.0625. The number of hydrogen-bond donors (Lipinski definition) is 2.